The van der Waals surface area contributed by atoms with E-state index >= 15 is 0 Å². The number of hydrogen-bond acceptors (Lipinski definition) is 5. The van der Waals surface area contributed by atoms with E-state index in [4.69, 9.17) is 4.84 Å². The molecule has 0 heterocycles. The molecule has 1 N–H and O–H groups in total. The lowest BCUT2D eigenvalue weighted by Gasteiger charge is -2.35. The molecule has 0 spiro atoms. The first-order valence-corrected chi connectivity index (χ1v) is 3.18. The van der Waals surface area contributed by atoms with Crippen LogP contribution in [0.1, 0.15) is 0 Å². The molecular formula is C5H15N3O3. The van der Waals surface area contributed by atoms with Crippen molar-refractivity contribution in [2.75, 3.05) is 35.0 Å². The normalized spacial score (nSPS) is 16.9. The van der Waals surface area contributed by atoms with Gasteiger partial charge in [0.1, 0.15) is 0 Å². The zero-order chi connectivity index (χ0) is 8.91. The standard InChI is InChI=1S/C5H15N3O3/c1-6-8(3,9)5-11-7(2)10-4/h6H,5H2,1-4H3. The van der Waals surface area contributed by atoms with Gasteiger partial charge in [0, 0.05) is 14.1 Å². The number of nitrogens with zero attached hydrogens (tertiary/aromatic N) is 2. The van der Waals surface area contributed by atoms with Crippen molar-refractivity contribution in [3.8, 4) is 0 Å². The molecule has 68 valence electrons. The zero-order valence-corrected chi connectivity index (χ0v) is 7.33. The summed E-state index contributed by atoms with van der Waals surface area (Å²) in [4.78, 5) is 9.48. The molecule has 0 radical (unpaired) electrons. The molecule has 0 aliphatic carbocycles. The van der Waals surface area contributed by atoms with E-state index in [0.717, 1.165) is 5.23 Å². The number of quaternary nitrogens is 1. The van der Waals surface area contributed by atoms with Crippen molar-refractivity contribution < 1.29 is 14.4 Å². The van der Waals surface area contributed by atoms with Crippen LogP contribution in [0.3, 0.4) is 0 Å². The van der Waals surface area contributed by atoms with Crippen LogP contribution in [-0.4, -0.2) is 45.0 Å². The fourth-order valence-electron chi connectivity index (χ4n) is 0.309. The van der Waals surface area contributed by atoms with Crippen molar-refractivity contribution in [1.29, 1.82) is 0 Å². The summed E-state index contributed by atoms with van der Waals surface area (Å²) in [6.45, 7) is -0.0408. The molecule has 0 saturated heterocycles. The Morgan fingerprint density at radius 3 is 2.55 bits per heavy atom. The molecule has 1 unspecified atom stereocenters. The first kappa shape index (κ1) is 10.8. The Morgan fingerprint density at radius 1 is 1.64 bits per heavy atom. The van der Waals surface area contributed by atoms with Gasteiger partial charge in [-0.05, 0) is 0 Å². The van der Waals surface area contributed by atoms with Gasteiger partial charge in [-0.1, -0.05) is 5.23 Å². The van der Waals surface area contributed by atoms with Crippen LogP contribution in [-0.2, 0) is 9.68 Å². The minimum atomic E-state index is -0.673. The van der Waals surface area contributed by atoms with Crippen LogP contribution >= 0.6 is 0 Å². The third-order valence-corrected chi connectivity index (χ3v) is 1.22. The number of nitrogens with one attached hydrogen (secondary N) is 1. The highest BCUT2D eigenvalue weighted by Gasteiger charge is 2.08. The summed E-state index contributed by atoms with van der Waals surface area (Å²) >= 11 is 0. The summed E-state index contributed by atoms with van der Waals surface area (Å²) in [5.41, 5.74) is 2.50. The van der Waals surface area contributed by atoms with Crippen molar-refractivity contribution in [1.82, 2.24) is 10.7 Å². The van der Waals surface area contributed by atoms with E-state index in [1.165, 1.54) is 14.2 Å². The topological polar surface area (TPSA) is 56.8 Å². The Kier molecular flexibility index (Phi) is 4.50. The molecule has 0 aliphatic heterocycles. The molecule has 0 amide bonds. The van der Waals surface area contributed by atoms with Gasteiger partial charge in [-0.15, -0.1) is 0 Å². The van der Waals surface area contributed by atoms with Gasteiger partial charge in [0.25, 0.3) is 0 Å². The fourth-order valence-corrected chi connectivity index (χ4v) is 0.309. The van der Waals surface area contributed by atoms with Crippen LogP contribution in [0.5, 0.6) is 0 Å². The van der Waals surface area contributed by atoms with Gasteiger partial charge >= 0.3 is 0 Å². The SMILES string of the molecule is CN[N+](C)([O-])CON(C)OC. The van der Waals surface area contributed by atoms with Gasteiger partial charge in [-0.2, -0.15) is 5.43 Å². The molecule has 1 atom stereocenters. The highest BCUT2D eigenvalue weighted by atomic mass is 17.0. The maximum Gasteiger partial charge on any atom is 0.221 e. The Hall–Kier alpha value is -0.240. The quantitative estimate of drug-likeness (QED) is 0.336. The lowest BCUT2D eigenvalue weighted by Crippen LogP contribution is -2.50. The van der Waals surface area contributed by atoms with Crippen LogP contribution in [0, 0.1) is 5.21 Å². The largest absolute Gasteiger partial charge is 0.610 e. The maximum atomic E-state index is 11.1. The first-order chi connectivity index (χ1) is 5.02. The summed E-state index contributed by atoms with van der Waals surface area (Å²) in [5, 5.41) is 12.2. The van der Waals surface area contributed by atoms with Gasteiger partial charge in [-0.3, -0.25) is 9.59 Å². The van der Waals surface area contributed by atoms with Crippen molar-refractivity contribution in [2.45, 2.75) is 0 Å². The lowest BCUT2D eigenvalue weighted by atomic mass is 11.0. The molecule has 0 aromatic carbocycles. The Bertz CT molecular complexity index is 109. The van der Waals surface area contributed by atoms with Gasteiger partial charge in [0.05, 0.1) is 14.2 Å². The van der Waals surface area contributed by atoms with Crippen molar-refractivity contribution in [3.05, 3.63) is 5.21 Å². The predicted octanol–water partition coefficient (Wildman–Crippen LogP) is -0.552. The summed E-state index contributed by atoms with van der Waals surface area (Å²) in [6.07, 6.45) is 0. The smallest absolute Gasteiger partial charge is 0.221 e. The van der Waals surface area contributed by atoms with E-state index < -0.39 is 4.76 Å². The molecule has 0 aromatic rings. The van der Waals surface area contributed by atoms with Crippen molar-refractivity contribution in [3.63, 3.8) is 0 Å². The van der Waals surface area contributed by atoms with Crippen LogP contribution < -0.4 is 5.43 Å². The van der Waals surface area contributed by atoms with E-state index in [9.17, 15) is 5.21 Å². The summed E-state index contributed by atoms with van der Waals surface area (Å²) in [7, 11) is 6.01. The molecule has 6 nitrogen and oxygen atoms in total. The Balaban J connectivity index is 3.52. The zero-order valence-electron chi connectivity index (χ0n) is 7.33. The highest BCUT2D eigenvalue weighted by molar-refractivity contribution is 4.15. The second-order valence-corrected chi connectivity index (χ2v) is 2.20. The Labute approximate surface area is 66.3 Å². The minimum absolute atomic E-state index is 0.0408. The average Bonchev–Trinajstić information content (AvgIpc) is 2.00. The number of rotatable bonds is 5. The summed E-state index contributed by atoms with van der Waals surface area (Å²) < 4.78 is -0.673. The second kappa shape index (κ2) is 4.60. The molecule has 0 saturated carbocycles. The molecular weight excluding hydrogens is 150 g/mol. The van der Waals surface area contributed by atoms with Gasteiger partial charge in [0.2, 0.25) is 6.73 Å². The van der Waals surface area contributed by atoms with E-state index in [0.29, 0.717) is 0 Å². The number of hydroxylamine groups is 4. The van der Waals surface area contributed by atoms with Crippen LogP contribution in [0.4, 0.5) is 0 Å². The molecule has 0 aromatic heterocycles. The average molecular weight is 165 g/mol. The fraction of sp³-hybridized carbons (Fsp3) is 1.00. The lowest BCUT2D eigenvalue weighted by molar-refractivity contribution is -0.928. The third-order valence-electron chi connectivity index (χ3n) is 1.22. The first-order valence-electron chi connectivity index (χ1n) is 3.18. The van der Waals surface area contributed by atoms with Crippen LogP contribution in [0.25, 0.3) is 0 Å². The molecule has 0 bridgehead atoms. The summed E-state index contributed by atoms with van der Waals surface area (Å²) in [5.74, 6) is 0. The van der Waals surface area contributed by atoms with E-state index in [-0.39, 0.29) is 6.73 Å². The minimum Gasteiger partial charge on any atom is -0.610 e. The third kappa shape index (κ3) is 5.08. The van der Waals surface area contributed by atoms with Crippen LogP contribution in [0.15, 0.2) is 0 Å². The predicted molar refractivity (Wildman–Crippen MR) is 39.3 cm³/mol. The van der Waals surface area contributed by atoms with Crippen molar-refractivity contribution in [2.24, 2.45) is 0 Å². The van der Waals surface area contributed by atoms with Crippen molar-refractivity contribution >= 4 is 0 Å². The number of hydrogen-bond donors (Lipinski definition) is 1. The molecule has 0 rings (SSSR count). The van der Waals surface area contributed by atoms with E-state index in [2.05, 4.69) is 10.3 Å². The molecule has 6 heteroatoms. The van der Waals surface area contributed by atoms with Gasteiger partial charge in [0.15, 0.2) is 0 Å². The van der Waals surface area contributed by atoms with E-state index in [1.807, 2.05) is 0 Å². The van der Waals surface area contributed by atoms with E-state index in [1.54, 1.807) is 14.1 Å². The molecule has 0 fully saturated rings. The van der Waals surface area contributed by atoms with Crippen LogP contribution in [0.2, 0.25) is 0 Å². The van der Waals surface area contributed by atoms with Gasteiger partial charge < -0.3 is 5.21 Å². The highest BCUT2D eigenvalue weighted by Crippen LogP contribution is 1.94. The summed E-state index contributed by atoms with van der Waals surface area (Å²) in [6, 6.07) is 0. The molecule has 0 aliphatic rings. The Morgan fingerprint density at radius 2 is 2.18 bits per heavy atom. The second-order valence-electron chi connectivity index (χ2n) is 2.20. The maximum absolute atomic E-state index is 11.1. The molecule has 11 heavy (non-hydrogen) atoms. The monoisotopic (exact) mass is 165 g/mol. The van der Waals surface area contributed by atoms with Gasteiger partial charge in [-0.25, -0.2) is 4.84 Å².